The zero-order valence-corrected chi connectivity index (χ0v) is 17.8. The number of hydrogen-bond donors (Lipinski definition) is 1. The van der Waals surface area contributed by atoms with E-state index in [1.165, 1.54) is 18.2 Å². The van der Waals surface area contributed by atoms with Gasteiger partial charge in [0.05, 0.1) is 23.7 Å². The van der Waals surface area contributed by atoms with Crippen molar-refractivity contribution >= 4 is 29.0 Å². The van der Waals surface area contributed by atoms with Gasteiger partial charge in [0, 0.05) is 24.3 Å². The highest BCUT2D eigenvalue weighted by Crippen LogP contribution is 2.26. The van der Waals surface area contributed by atoms with Crippen molar-refractivity contribution in [1.82, 2.24) is 10.2 Å². The molecule has 1 aliphatic rings. The van der Waals surface area contributed by atoms with Crippen LogP contribution < -0.4 is 15.0 Å². The van der Waals surface area contributed by atoms with Gasteiger partial charge in [-0.05, 0) is 67.4 Å². The van der Waals surface area contributed by atoms with Crippen molar-refractivity contribution in [2.75, 3.05) is 30.4 Å². The lowest BCUT2D eigenvalue weighted by Gasteiger charge is -2.32. The molecule has 0 spiro atoms. The first kappa shape index (κ1) is 21.1. The van der Waals surface area contributed by atoms with Crippen LogP contribution in [-0.4, -0.2) is 36.3 Å². The first-order valence-electron chi connectivity index (χ1n) is 10.0. The average Bonchev–Trinajstić information content (AvgIpc) is 2.82. The van der Waals surface area contributed by atoms with Gasteiger partial charge in [-0.3, -0.25) is 4.79 Å². The number of ether oxygens (including phenoxy) is 1. The van der Waals surface area contributed by atoms with E-state index in [-0.39, 0.29) is 16.8 Å². The number of nitrogens with one attached hydrogen (secondary N) is 1. The van der Waals surface area contributed by atoms with Gasteiger partial charge in [-0.25, -0.2) is 4.39 Å². The van der Waals surface area contributed by atoms with Crippen molar-refractivity contribution in [1.29, 1.82) is 0 Å². The number of carbonyl (C=O) groups excluding carboxylic acids is 1. The minimum absolute atomic E-state index is 0.0182. The van der Waals surface area contributed by atoms with E-state index in [1.54, 1.807) is 7.11 Å². The molecule has 1 aromatic heterocycles. The molecule has 2 heterocycles. The second kappa shape index (κ2) is 9.31. The highest BCUT2D eigenvalue weighted by Gasteiger charge is 2.27. The summed E-state index contributed by atoms with van der Waals surface area (Å²) in [6.07, 6.45) is 1.64. The average molecular weight is 441 g/mol. The number of aromatic nitrogens is 2. The van der Waals surface area contributed by atoms with Crippen molar-refractivity contribution in [3.63, 3.8) is 0 Å². The minimum atomic E-state index is -0.514. The molecule has 3 aromatic rings. The molecule has 1 atom stereocenters. The number of methoxy groups -OCH3 is 1. The molecule has 1 fully saturated rings. The summed E-state index contributed by atoms with van der Waals surface area (Å²) in [4.78, 5) is 14.8. The standard InChI is InChI=1S/C23H22ClFN4O2/c1-31-18-7-4-15(5-8-18)21-10-11-22(28-27-21)29-12-2-3-16(14-29)23(30)26-17-6-9-20(25)19(24)13-17/h4-11,13,16H,2-3,12,14H2,1H3,(H,26,30). The van der Waals surface area contributed by atoms with Crippen LogP contribution in [0.15, 0.2) is 54.6 Å². The van der Waals surface area contributed by atoms with Crippen molar-refractivity contribution in [3.05, 3.63) is 65.4 Å². The van der Waals surface area contributed by atoms with Crippen LogP contribution in [0.4, 0.5) is 15.9 Å². The number of anilines is 2. The van der Waals surface area contributed by atoms with Crippen molar-refractivity contribution in [2.24, 2.45) is 5.92 Å². The van der Waals surface area contributed by atoms with Crippen LogP contribution in [0.1, 0.15) is 12.8 Å². The van der Waals surface area contributed by atoms with Gasteiger partial charge in [0.25, 0.3) is 0 Å². The zero-order valence-electron chi connectivity index (χ0n) is 17.0. The number of nitrogens with zero attached hydrogens (tertiary/aromatic N) is 3. The smallest absolute Gasteiger partial charge is 0.229 e. The first-order chi connectivity index (χ1) is 15.0. The van der Waals surface area contributed by atoms with E-state index in [0.717, 1.165) is 42.2 Å². The molecule has 1 saturated heterocycles. The Morgan fingerprint density at radius 1 is 1.16 bits per heavy atom. The Balaban J connectivity index is 1.41. The fraction of sp³-hybridized carbons (Fsp3) is 0.261. The second-order valence-electron chi connectivity index (χ2n) is 7.41. The van der Waals surface area contributed by atoms with E-state index < -0.39 is 5.82 Å². The molecule has 0 aliphatic carbocycles. The third-order valence-electron chi connectivity index (χ3n) is 5.34. The van der Waals surface area contributed by atoms with Gasteiger partial charge in [-0.2, -0.15) is 0 Å². The number of halogens is 2. The molecular weight excluding hydrogens is 419 g/mol. The van der Waals surface area contributed by atoms with Crippen LogP contribution in [0.25, 0.3) is 11.3 Å². The number of benzene rings is 2. The number of hydrogen-bond acceptors (Lipinski definition) is 5. The molecule has 1 unspecified atom stereocenters. The predicted octanol–water partition coefficient (Wildman–Crippen LogP) is 4.80. The Morgan fingerprint density at radius 3 is 2.65 bits per heavy atom. The summed E-state index contributed by atoms with van der Waals surface area (Å²) in [5.74, 6) is 0.685. The molecule has 1 amide bonds. The monoisotopic (exact) mass is 440 g/mol. The van der Waals surface area contributed by atoms with Crippen LogP contribution in [0, 0.1) is 11.7 Å². The third-order valence-corrected chi connectivity index (χ3v) is 5.63. The highest BCUT2D eigenvalue weighted by molar-refractivity contribution is 6.31. The maximum absolute atomic E-state index is 13.3. The fourth-order valence-corrected chi connectivity index (χ4v) is 3.81. The topological polar surface area (TPSA) is 67.3 Å². The van der Waals surface area contributed by atoms with E-state index in [2.05, 4.69) is 20.4 Å². The second-order valence-corrected chi connectivity index (χ2v) is 7.82. The first-order valence-corrected chi connectivity index (χ1v) is 10.4. The largest absolute Gasteiger partial charge is 0.497 e. The van der Waals surface area contributed by atoms with Gasteiger partial charge < -0.3 is 15.0 Å². The Kier molecular flexibility index (Phi) is 6.32. The summed E-state index contributed by atoms with van der Waals surface area (Å²) in [7, 11) is 1.63. The third kappa shape index (κ3) is 4.94. The molecule has 4 rings (SSSR count). The molecule has 6 nitrogen and oxygen atoms in total. The summed E-state index contributed by atoms with van der Waals surface area (Å²) in [6.45, 7) is 1.35. The van der Waals surface area contributed by atoms with Crippen molar-refractivity contribution < 1.29 is 13.9 Å². The number of carbonyl (C=O) groups is 1. The van der Waals surface area contributed by atoms with E-state index >= 15 is 0 Å². The Hall–Kier alpha value is -3.19. The molecule has 31 heavy (non-hydrogen) atoms. The maximum atomic E-state index is 13.3. The van der Waals surface area contributed by atoms with E-state index in [1.807, 2.05) is 36.4 Å². The van der Waals surface area contributed by atoms with Crippen LogP contribution in [0.3, 0.4) is 0 Å². The molecule has 0 radical (unpaired) electrons. The van der Waals surface area contributed by atoms with Gasteiger partial charge in [0.15, 0.2) is 5.82 Å². The molecule has 1 N–H and O–H groups in total. The zero-order chi connectivity index (χ0) is 21.8. The summed E-state index contributed by atoms with van der Waals surface area (Å²) < 4.78 is 18.5. The molecule has 160 valence electrons. The quantitative estimate of drug-likeness (QED) is 0.617. The van der Waals surface area contributed by atoms with Crippen LogP contribution in [-0.2, 0) is 4.79 Å². The van der Waals surface area contributed by atoms with Crippen molar-refractivity contribution in [3.8, 4) is 17.0 Å². The van der Waals surface area contributed by atoms with Gasteiger partial charge >= 0.3 is 0 Å². The molecule has 0 bridgehead atoms. The van der Waals surface area contributed by atoms with E-state index in [0.29, 0.717) is 12.2 Å². The SMILES string of the molecule is COc1ccc(-c2ccc(N3CCCC(C(=O)Nc4ccc(F)c(Cl)c4)C3)nn2)cc1. The van der Waals surface area contributed by atoms with Gasteiger partial charge in [0.2, 0.25) is 5.91 Å². The van der Waals surface area contributed by atoms with Gasteiger partial charge in [-0.1, -0.05) is 11.6 Å². The normalized spacial score (nSPS) is 16.1. The lowest BCUT2D eigenvalue weighted by Crippen LogP contribution is -2.41. The molecule has 1 aliphatic heterocycles. The Bertz CT molecular complexity index is 1060. The number of piperidine rings is 1. The summed E-state index contributed by atoms with van der Waals surface area (Å²) in [6, 6.07) is 15.6. The van der Waals surface area contributed by atoms with Crippen LogP contribution in [0.2, 0.25) is 5.02 Å². The maximum Gasteiger partial charge on any atom is 0.229 e. The molecule has 2 aromatic carbocycles. The van der Waals surface area contributed by atoms with Crippen molar-refractivity contribution in [2.45, 2.75) is 12.8 Å². The van der Waals surface area contributed by atoms with E-state index in [9.17, 15) is 9.18 Å². The van der Waals surface area contributed by atoms with Gasteiger partial charge in [-0.15, -0.1) is 10.2 Å². The van der Waals surface area contributed by atoms with Crippen LogP contribution >= 0.6 is 11.6 Å². The van der Waals surface area contributed by atoms with Crippen LogP contribution in [0.5, 0.6) is 5.75 Å². The van der Waals surface area contributed by atoms with E-state index in [4.69, 9.17) is 16.3 Å². The number of amides is 1. The highest BCUT2D eigenvalue weighted by atomic mass is 35.5. The minimum Gasteiger partial charge on any atom is -0.497 e. The molecule has 8 heteroatoms. The lowest BCUT2D eigenvalue weighted by molar-refractivity contribution is -0.120. The Labute approximate surface area is 185 Å². The molecule has 0 saturated carbocycles. The van der Waals surface area contributed by atoms with Gasteiger partial charge in [0.1, 0.15) is 11.6 Å². The summed E-state index contributed by atoms with van der Waals surface area (Å²) >= 11 is 5.80. The number of rotatable bonds is 5. The Morgan fingerprint density at radius 2 is 1.97 bits per heavy atom. The molecular formula is C23H22ClFN4O2. The summed E-state index contributed by atoms with van der Waals surface area (Å²) in [5.41, 5.74) is 2.21. The predicted molar refractivity (Wildman–Crippen MR) is 119 cm³/mol. The summed E-state index contributed by atoms with van der Waals surface area (Å²) in [5, 5.41) is 11.5. The fourth-order valence-electron chi connectivity index (χ4n) is 3.63. The lowest BCUT2D eigenvalue weighted by atomic mass is 9.97.